The first-order chi connectivity index (χ1) is 14.5. The predicted molar refractivity (Wildman–Crippen MR) is 111 cm³/mol. The molecule has 1 atom stereocenters. The molecule has 3 rings (SSSR count). The van der Waals surface area contributed by atoms with E-state index < -0.39 is 11.8 Å². The van der Waals surface area contributed by atoms with Gasteiger partial charge in [-0.05, 0) is 24.7 Å². The van der Waals surface area contributed by atoms with Crippen LogP contribution < -0.4 is 10.6 Å². The van der Waals surface area contributed by atoms with Gasteiger partial charge in [-0.1, -0.05) is 12.1 Å². The van der Waals surface area contributed by atoms with E-state index in [4.69, 9.17) is 4.74 Å². The summed E-state index contributed by atoms with van der Waals surface area (Å²) in [5, 5.41) is 5.44. The van der Waals surface area contributed by atoms with Crippen molar-refractivity contribution < 1.29 is 18.7 Å². The molecule has 2 fully saturated rings. The molecule has 0 aromatic heterocycles. The number of halogens is 1. The summed E-state index contributed by atoms with van der Waals surface area (Å²) in [6.07, 6.45) is 0. The van der Waals surface area contributed by atoms with Gasteiger partial charge in [0.1, 0.15) is 5.82 Å². The summed E-state index contributed by atoms with van der Waals surface area (Å²) >= 11 is 0. The number of carbonyl (C=O) groups excluding carboxylic acids is 2. The molecule has 0 aliphatic carbocycles. The van der Waals surface area contributed by atoms with Gasteiger partial charge < -0.3 is 20.3 Å². The van der Waals surface area contributed by atoms with Crippen LogP contribution in [0.3, 0.4) is 0 Å². The van der Waals surface area contributed by atoms with Crippen LogP contribution in [0.5, 0.6) is 0 Å². The molecule has 0 spiro atoms. The Morgan fingerprint density at radius 1 is 1.00 bits per heavy atom. The number of nitrogens with zero attached hydrogens (tertiary/aromatic N) is 3. The number of rotatable bonds is 7. The fourth-order valence-electron chi connectivity index (χ4n) is 3.78. The summed E-state index contributed by atoms with van der Waals surface area (Å²) in [6, 6.07) is 6.24. The first kappa shape index (κ1) is 22.6. The van der Waals surface area contributed by atoms with E-state index in [1.807, 2.05) is 0 Å². The molecule has 0 saturated carbocycles. The van der Waals surface area contributed by atoms with Crippen LogP contribution >= 0.6 is 0 Å². The van der Waals surface area contributed by atoms with E-state index in [1.165, 1.54) is 12.1 Å². The van der Waals surface area contributed by atoms with Crippen molar-refractivity contribution in [3.63, 3.8) is 0 Å². The maximum Gasteiger partial charge on any atom is 0.309 e. The minimum Gasteiger partial charge on any atom is -0.379 e. The van der Waals surface area contributed by atoms with Crippen molar-refractivity contribution in [3.8, 4) is 0 Å². The minimum atomic E-state index is -0.641. The normalized spacial score (nSPS) is 19.9. The van der Waals surface area contributed by atoms with Gasteiger partial charge >= 0.3 is 11.8 Å². The van der Waals surface area contributed by atoms with E-state index in [0.717, 1.165) is 44.8 Å². The fourth-order valence-corrected chi connectivity index (χ4v) is 3.78. The van der Waals surface area contributed by atoms with Gasteiger partial charge in [-0.25, -0.2) is 4.39 Å². The average molecular weight is 422 g/mol. The summed E-state index contributed by atoms with van der Waals surface area (Å²) < 4.78 is 18.7. The number of hydrogen-bond acceptors (Lipinski definition) is 6. The molecule has 9 heteroatoms. The quantitative estimate of drug-likeness (QED) is 0.588. The van der Waals surface area contributed by atoms with Crippen LogP contribution in [0.25, 0.3) is 0 Å². The van der Waals surface area contributed by atoms with Gasteiger partial charge in [0.2, 0.25) is 0 Å². The molecule has 0 radical (unpaired) electrons. The SMILES string of the molecule is CN1CCN([C@H](CNC(=O)C(=O)NCCN2CCOCC2)c2ccc(F)cc2)CC1. The fraction of sp³-hybridized carbons (Fsp3) is 0.619. The summed E-state index contributed by atoms with van der Waals surface area (Å²) in [4.78, 5) is 31.2. The highest BCUT2D eigenvalue weighted by molar-refractivity contribution is 6.35. The lowest BCUT2D eigenvalue weighted by Gasteiger charge is -2.38. The number of amides is 2. The molecule has 0 unspecified atom stereocenters. The van der Waals surface area contributed by atoms with Gasteiger partial charge in [0, 0.05) is 58.9 Å². The summed E-state index contributed by atoms with van der Waals surface area (Å²) in [5.41, 5.74) is 0.925. The smallest absolute Gasteiger partial charge is 0.309 e. The number of ether oxygens (including phenoxy) is 1. The van der Waals surface area contributed by atoms with Crippen LogP contribution in [0, 0.1) is 5.82 Å². The second kappa shape index (κ2) is 11.4. The number of piperazine rings is 1. The molecule has 8 nitrogen and oxygen atoms in total. The van der Waals surface area contributed by atoms with Gasteiger partial charge in [0.15, 0.2) is 0 Å². The summed E-state index contributed by atoms with van der Waals surface area (Å²) in [6.45, 7) is 8.04. The highest BCUT2D eigenvalue weighted by Crippen LogP contribution is 2.22. The molecule has 2 amide bonds. The number of likely N-dealkylation sites (N-methyl/N-ethyl adjacent to an activating group) is 1. The standard InChI is InChI=1S/C21H32FN5O3/c1-25-8-10-27(11-9-25)19(17-2-4-18(22)5-3-17)16-24-21(29)20(28)23-6-7-26-12-14-30-15-13-26/h2-5,19H,6-16H2,1H3,(H,23,28)(H,24,29)/t19-/m1/s1. The van der Waals surface area contributed by atoms with Crippen LogP contribution in [-0.2, 0) is 14.3 Å². The van der Waals surface area contributed by atoms with Crippen molar-refractivity contribution in [1.29, 1.82) is 0 Å². The van der Waals surface area contributed by atoms with Crippen LogP contribution in [0.15, 0.2) is 24.3 Å². The van der Waals surface area contributed by atoms with E-state index in [-0.39, 0.29) is 11.9 Å². The van der Waals surface area contributed by atoms with Crippen molar-refractivity contribution in [3.05, 3.63) is 35.6 Å². The third-order valence-corrected chi connectivity index (χ3v) is 5.71. The molecule has 2 heterocycles. The molecule has 1 aromatic rings. The van der Waals surface area contributed by atoms with E-state index in [1.54, 1.807) is 12.1 Å². The molecule has 0 bridgehead atoms. The topological polar surface area (TPSA) is 77.1 Å². The lowest BCUT2D eigenvalue weighted by molar-refractivity contribution is -0.139. The van der Waals surface area contributed by atoms with E-state index in [9.17, 15) is 14.0 Å². The molecular formula is C21H32FN5O3. The number of morpholine rings is 1. The first-order valence-corrected chi connectivity index (χ1v) is 10.6. The molecule has 1 aromatic carbocycles. The van der Waals surface area contributed by atoms with Crippen LogP contribution in [0.1, 0.15) is 11.6 Å². The number of carbonyl (C=O) groups is 2. The average Bonchev–Trinajstić information content (AvgIpc) is 2.76. The minimum absolute atomic E-state index is 0.107. The molecule has 30 heavy (non-hydrogen) atoms. The molecule has 166 valence electrons. The Labute approximate surface area is 177 Å². The van der Waals surface area contributed by atoms with Crippen LogP contribution in [-0.4, -0.2) is 106 Å². The van der Waals surface area contributed by atoms with Crippen molar-refractivity contribution in [2.24, 2.45) is 0 Å². The first-order valence-electron chi connectivity index (χ1n) is 10.6. The zero-order chi connectivity index (χ0) is 21.3. The van der Waals surface area contributed by atoms with Gasteiger partial charge in [-0.3, -0.25) is 19.4 Å². The third-order valence-electron chi connectivity index (χ3n) is 5.71. The molecule has 2 aliphatic heterocycles. The Kier molecular flexibility index (Phi) is 8.56. The zero-order valence-electron chi connectivity index (χ0n) is 17.6. The highest BCUT2D eigenvalue weighted by atomic mass is 19.1. The number of benzene rings is 1. The van der Waals surface area contributed by atoms with Gasteiger partial charge in [-0.15, -0.1) is 0 Å². The Bertz CT molecular complexity index is 688. The van der Waals surface area contributed by atoms with Crippen molar-refractivity contribution in [2.75, 3.05) is 79.2 Å². The van der Waals surface area contributed by atoms with Crippen LogP contribution in [0.4, 0.5) is 4.39 Å². The number of hydrogen-bond donors (Lipinski definition) is 2. The Morgan fingerprint density at radius 3 is 2.30 bits per heavy atom. The predicted octanol–water partition coefficient (Wildman–Crippen LogP) is -0.321. The van der Waals surface area contributed by atoms with E-state index in [2.05, 4.69) is 32.4 Å². The maximum absolute atomic E-state index is 13.4. The molecule has 2 saturated heterocycles. The van der Waals surface area contributed by atoms with Crippen molar-refractivity contribution in [2.45, 2.75) is 6.04 Å². The monoisotopic (exact) mass is 421 g/mol. The van der Waals surface area contributed by atoms with E-state index in [0.29, 0.717) is 32.8 Å². The van der Waals surface area contributed by atoms with E-state index >= 15 is 0 Å². The Morgan fingerprint density at radius 2 is 1.63 bits per heavy atom. The van der Waals surface area contributed by atoms with Crippen molar-refractivity contribution >= 4 is 11.8 Å². The Hall–Kier alpha value is -2.07. The Balaban J connectivity index is 1.50. The molecule has 2 aliphatic rings. The highest BCUT2D eigenvalue weighted by Gasteiger charge is 2.25. The number of nitrogens with one attached hydrogen (secondary N) is 2. The van der Waals surface area contributed by atoms with Gasteiger partial charge in [0.25, 0.3) is 0 Å². The second-order valence-corrected chi connectivity index (χ2v) is 7.83. The summed E-state index contributed by atoms with van der Waals surface area (Å²) in [5.74, 6) is -1.56. The molecule has 2 N–H and O–H groups in total. The lowest BCUT2D eigenvalue weighted by Crippen LogP contribution is -2.50. The lowest BCUT2D eigenvalue weighted by atomic mass is 10.0. The largest absolute Gasteiger partial charge is 0.379 e. The van der Waals surface area contributed by atoms with Crippen LogP contribution in [0.2, 0.25) is 0 Å². The van der Waals surface area contributed by atoms with Crippen molar-refractivity contribution in [1.82, 2.24) is 25.3 Å². The van der Waals surface area contributed by atoms with Gasteiger partial charge in [-0.2, -0.15) is 0 Å². The second-order valence-electron chi connectivity index (χ2n) is 7.83. The third kappa shape index (κ3) is 6.73. The maximum atomic E-state index is 13.4. The zero-order valence-corrected chi connectivity index (χ0v) is 17.6. The van der Waals surface area contributed by atoms with Gasteiger partial charge in [0.05, 0.1) is 19.3 Å². The summed E-state index contributed by atoms with van der Waals surface area (Å²) in [7, 11) is 2.08. The molecular weight excluding hydrogens is 389 g/mol.